The molecule has 0 aromatic rings. The van der Waals surface area contributed by atoms with E-state index < -0.39 is 11.6 Å². The molecule has 0 bridgehead atoms. The van der Waals surface area contributed by atoms with Crippen molar-refractivity contribution in [3.05, 3.63) is 12.2 Å². The van der Waals surface area contributed by atoms with Gasteiger partial charge in [-0.2, -0.15) is 13.2 Å². The van der Waals surface area contributed by atoms with E-state index >= 15 is 0 Å². The van der Waals surface area contributed by atoms with Gasteiger partial charge in [-0.05, 0) is 51.4 Å². The van der Waals surface area contributed by atoms with Crippen LogP contribution in [0.1, 0.15) is 122 Å². The lowest BCUT2D eigenvalue weighted by atomic mass is 9.66. The summed E-state index contributed by atoms with van der Waals surface area (Å²) in [5.41, 5.74) is -1.54. The Kier molecular flexibility index (Phi) is 14.2. The van der Waals surface area contributed by atoms with E-state index in [1.807, 2.05) is 0 Å². The van der Waals surface area contributed by atoms with Crippen LogP contribution in [0.5, 0.6) is 0 Å². The molecular weight excluding hydrogens is 387 g/mol. The second-order valence-corrected chi connectivity index (χ2v) is 9.07. The maximum absolute atomic E-state index is 13.1. The fraction of sp³-hybridized carbons (Fsp3) is 0.880. The fourth-order valence-electron chi connectivity index (χ4n) is 4.16. The van der Waals surface area contributed by atoms with Gasteiger partial charge >= 0.3 is 6.18 Å². The summed E-state index contributed by atoms with van der Waals surface area (Å²) in [7, 11) is 0. The van der Waals surface area contributed by atoms with Crippen molar-refractivity contribution in [3.63, 3.8) is 0 Å². The molecule has 0 heterocycles. The van der Waals surface area contributed by atoms with Gasteiger partial charge in [0.15, 0.2) is 0 Å². The van der Waals surface area contributed by atoms with Crippen LogP contribution in [0.3, 0.4) is 0 Å². The number of nitrogens with one attached hydrogen (secondary N) is 1. The molecule has 1 rings (SSSR count). The van der Waals surface area contributed by atoms with Crippen molar-refractivity contribution in [2.75, 3.05) is 6.54 Å². The van der Waals surface area contributed by atoms with Crippen molar-refractivity contribution >= 4 is 5.91 Å². The number of unbranched alkanes of at least 4 members (excludes halogenated alkanes) is 11. The second-order valence-electron chi connectivity index (χ2n) is 9.07. The molecule has 0 aromatic carbocycles. The summed E-state index contributed by atoms with van der Waals surface area (Å²) in [5, 5.41) is 2.68. The number of carbonyl (C=O) groups excluding carboxylic acids is 1. The lowest BCUT2D eigenvalue weighted by Gasteiger charge is -2.43. The first-order chi connectivity index (χ1) is 14.4. The molecule has 1 amide bonds. The van der Waals surface area contributed by atoms with E-state index in [0.717, 1.165) is 25.7 Å². The Balaban J connectivity index is 1.87. The normalized spacial score (nSPS) is 16.0. The first-order valence-corrected chi connectivity index (χ1v) is 12.4. The maximum atomic E-state index is 13.1. The number of alkyl halides is 3. The standard InChI is InChI=1S/C25H44F3NO/c1-2-3-4-5-6-7-8-9-10-11-12-13-14-15-16-18-23(30)29-22-21-24(19-17-20-24)25(26,27)28/h9-10H,2-8,11-22H2,1H3,(H,29,30)/b10-9-. The second kappa shape index (κ2) is 15.8. The van der Waals surface area contributed by atoms with Crippen LogP contribution in [0.25, 0.3) is 0 Å². The van der Waals surface area contributed by atoms with Crippen LogP contribution in [0.4, 0.5) is 13.2 Å². The number of hydrogen-bond acceptors (Lipinski definition) is 1. The SMILES string of the molecule is CCCCCCCC/C=C\CCCCCCCC(=O)NCCC1(C(F)(F)F)CCC1. The van der Waals surface area contributed by atoms with Crippen LogP contribution in [-0.4, -0.2) is 18.6 Å². The van der Waals surface area contributed by atoms with Crippen molar-refractivity contribution in [1.82, 2.24) is 5.32 Å². The van der Waals surface area contributed by atoms with E-state index in [1.165, 1.54) is 57.8 Å². The first-order valence-electron chi connectivity index (χ1n) is 12.4. The highest BCUT2D eigenvalue weighted by molar-refractivity contribution is 5.75. The van der Waals surface area contributed by atoms with Crippen molar-refractivity contribution in [1.29, 1.82) is 0 Å². The van der Waals surface area contributed by atoms with Crippen LogP contribution in [0.2, 0.25) is 0 Å². The highest BCUT2D eigenvalue weighted by atomic mass is 19.4. The molecule has 1 saturated carbocycles. The molecule has 1 aliphatic rings. The Labute approximate surface area is 182 Å². The quantitative estimate of drug-likeness (QED) is 0.172. The van der Waals surface area contributed by atoms with Crippen molar-refractivity contribution in [3.8, 4) is 0 Å². The van der Waals surface area contributed by atoms with Gasteiger partial charge in [0.25, 0.3) is 0 Å². The van der Waals surface area contributed by atoms with E-state index in [9.17, 15) is 18.0 Å². The largest absolute Gasteiger partial charge is 0.394 e. The summed E-state index contributed by atoms with van der Waals surface area (Å²) >= 11 is 0. The van der Waals surface area contributed by atoms with Crippen LogP contribution >= 0.6 is 0 Å². The van der Waals surface area contributed by atoms with Gasteiger partial charge in [0.2, 0.25) is 5.91 Å². The minimum Gasteiger partial charge on any atom is -0.356 e. The van der Waals surface area contributed by atoms with Gasteiger partial charge in [-0.25, -0.2) is 0 Å². The smallest absolute Gasteiger partial charge is 0.356 e. The van der Waals surface area contributed by atoms with Gasteiger partial charge in [-0.15, -0.1) is 0 Å². The zero-order valence-corrected chi connectivity index (χ0v) is 19.1. The summed E-state index contributed by atoms with van der Waals surface area (Å²) in [5.74, 6) is -0.107. The number of halogens is 3. The molecule has 0 radical (unpaired) electrons. The van der Waals surface area contributed by atoms with Crippen molar-refractivity contribution < 1.29 is 18.0 Å². The first kappa shape index (κ1) is 27.0. The molecule has 0 spiro atoms. The highest BCUT2D eigenvalue weighted by Crippen LogP contribution is 2.55. The molecule has 30 heavy (non-hydrogen) atoms. The zero-order valence-electron chi connectivity index (χ0n) is 19.1. The third-order valence-electron chi connectivity index (χ3n) is 6.50. The van der Waals surface area contributed by atoms with Crippen LogP contribution < -0.4 is 5.32 Å². The predicted molar refractivity (Wildman–Crippen MR) is 119 cm³/mol. The number of allylic oxidation sites excluding steroid dienone is 2. The Morgan fingerprint density at radius 1 is 0.867 bits per heavy atom. The number of carbonyl (C=O) groups is 1. The third kappa shape index (κ3) is 11.4. The average Bonchev–Trinajstić information content (AvgIpc) is 2.65. The molecule has 0 aliphatic heterocycles. The summed E-state index contributed by atoms with van der Waals surface area (Å²) in [6.07, 6.45) is 17.7. The lowest BCUT2D eigenvalue weighted by Crippen LogP contribution is -2.46. The molecular formula is C25H44F3NO. The summed E-state index contributed by atoms with van der Waals surface area (Å²) in [6, 6.07) is 0. The molecule has 1 N–H and O–H groups in total. The third-order valence-corrected chi connectivity index (χ3v) is 6.50. The average molecular weight is 432 g/mol. The van der Waals surface area contributed by atoms with Crippen molar-refractivity contribution in [2.45, 2.75) is 129 Å². The molecule has 0 aromatic heterocycles. The maximum Gasteiger partial charge on any atom is 0.394 e. The highest BCUT2D eigenvalue weighted by Gasteiger charge is 2.57. The van der Waals surface area contributed by atoms with E-state index in [-0.39, 0.29) is 31.7 Å². The van der Waals surface area contributed by atoms with Gasteiger partial charge in [0, 0.05) is 13.0 Å². The van der Waals surface area contributed by atoms with Gasteiger partial charge < -0.3 is 5.32 Å². The predicted octanol–water partition coefficient (Wildman–Crippen LogP) is 8.26. The molecule has 176 valence electrons. The Morgan fingerprint density at radius 2 is 1.40 bits per heavy atom. The Bertz CT molecular complexity index is 470. The summed E-state index contributed by atoms with van der Waals surface area (Å²) < 4.78 is 39.2. The van der Waals surface area contributed by atoms with Gasteiger partial charge in [0.05, 0.1) is 5.41 Å². The Hall–Kier alpha value is -1.00. The molecule has 2 nitrogen and oxygen atoms in total. The van der Waals surface area contributed by atoms with Crippen molar-refractivity contribution in [2.24, 2.45) is 5.41 Å². The molecule has 1 fully saturated rings. The van der Waals surface area contributed by atoms with E-state index in [0.29, 0.717) is 12.8 Å². The molecule has 0 unspecified atom stereocenters. The van der Waals surface area contributed by atoms with Gasteiger partial charge in [-0.3, -0.25) is 4.79 Å². The van der Waals surface area contributed by atoms with E-state index in [4.69, 9.17) is 0 Å². The molecule has 5 heteroatoms. The van der Waals surface area contributed by atoms with Gasteiger partial charge in [0.1, 0.15) is 0 Å². The minimum absolute atomic E-state index is 0.0224. The summed E-state index contributed by atoms with van der Waals surface area (Å²) in [6.45, 7) is 2.39. The van der Waals surface area contributed by atoms with Crippen LogP contribution in [0, 0.1) is 5.41 Å². The molecule has 0 atom stereocenters. The summed E-state index contributed by atoms with van der Waals surface area (Å²) in [4.78, 5) is 11.8. The van der Waals surface area contributed by atoms with Crippen LogP contribution in [0.15, 0.2) is 12.2 Å². The topological polar surface area (TPSA) is 29.1 Å². The number of rotatable bonds is 18. The van der Waals surface area contributed by atoms with E-state index in [1.54, 1.807) is 0 Å². The fourth-order valence-corrected chi connectivity index (χ4v) is 4.16. The molecule has 1 aliphatic carbocycles. The Morgan fingerprint density at radius 3 is 1.90 bits per heavy atom. The van der Waals surface area contributed by atoms with Crippen LogP contribution in [-0.2, 0) is 4.79 Å². The molecule has 0 saturated heterocycles. The van der Waals surface area contributed by atoms with Gasteiger partial charge in [-0.1, -0.05) is 76.9 Å². The minimum atomic E-state index is -4.14. The number of hydrogen-bond donors (Lipinski definition) is 1. The lowest BCUT2D eigenvalue weighted by molar-refractivity contribution is -0.252. The zero-order chi connectivity index (χ0) is 22.1. The monoisotopic (exact) mass is 431 g/mol. The van der Waals surface area contributed by atoms with E-state index in [2.05, 4.69) is 24.4 Å². The number of amides is 1.